The van der Waals surface area contributed by atoms with Crippen molar-refractivity contribution in [3.8, 4) is 5.75 Å². The van der Waals surface area contributed by atoms with Crippen molar-refractivity contribution in [3.05, 3.63) is 64.5 Å². The molecule has 158 valence electrons. The Bertz CT molecular complexity index is 820. The second-order valence-corrected chi connectivity index (χ2v) is 7.01. The Balaban J connectivity index is 1.54. The number of hydrogen-bond acceptors (Lipinski definition) is 4. The van der Waals surface area contributed by atoms with Crippen molar-refractivity contribution in [3.63, 3.8) is 0 Å². The van der Waals surface area contributed by atoms with Crippen LogP contribution in [0, 0.1) is 24.4 Å². The predicted octanol–water partition coefficient (Wildman–Crippen LogP) is 5.22. The topological polar surface area (TPSA) is 36.9 Å². The first-order valence-electron chi connectivity index (χ1n) is 9.70. The van der Waals surface area contributed by atoms with Crippen LogP contribution >= 0.6 is 0 Å². The summed E-state index contributed by atoms with van der Waals surface area (Å²) in [6.45, 7) is 4.42. The Labute approximate surface area is 168 Å². The molecule has 0 saturated carbocycles. The first-order valence-corrected chi connectivity index (χ1v) is 9.70. The summed E-state index contributed by atoms with van der Waals surface area (Å²) in [7, 11) is 0. The fraction of sp³-hybridized carbons (Fsp3) is 0.455. The van der Waals surface area contributed by atoms with Crippen LogP contribution in [0.25, 0.3) is 0 Å². The van der Waals surface area contributed by atoms with Crippen molar-refractivity contribution in [1.29, 1.82) is 0 Å². The van der Waals surface area contributed by atoms with E-state index in [4.69, 9.17) is 18.9 Å². The fourth-order valence-electron chi connectivity index (χ4n) is 2.91. The van der Waals surface area contributed by atoms with Crippen LogP contribution < -0.4 is 4.74 Å². The summed E-state index contributed by atoms with van der Waals surface area (Å²) in [5.74, 6) is -2.57. The average molecular weight is 410 g/mol. The number of unbranched alkanes of at least 4 members (excludes halogenated alkanes) is 1. The van der Waals surface area contributed by atoms with E-state index in [2.05, 4.69) is 0 Å². The van der Waals surface area contributed by atoms with Gasteiger partial charge in [0.25, 0.3) is 0 Å². The van der Waals surface area contributed by atoms with Crippen molar-refractivity contribution in [2.45, 2.75) is 45.7 Å². The Kier molecular flexibility index (Phi) is 7.52. The van der Waals surface area contributed by atoms with Crippen LogP contribution in [0.3, 0.4) is 0 Å². The van der Waals surface area contributed by atoms with E-state index in [1.165, 1.54) is 18.2 Å². The highest BCUT2D eigenvalue weighted by Crippen LogP contribution is 2.31. The SMILES string of the molecule is CCCCOc1ccc(C2OCC(OCc3ccc(C)cc3F)CO2)c(F)c1F. The molecule has 2 aromatic rings. The Morgan fingerprint density at radius 3 is 2.48 bits per heavy atom. The van der Waals surface area contributed by atoms with Gasteiger partial charge in [-0.15, -0.1) is 0 Å². The van der Waals surface area contributed by atoms with E-state index >= 15 is 0 Å². The molecule has 1 aliphatic rings. The van der Waals surface area contributed by atoms with Crippen LogP contribution in [0.2, 0.25) is 0 Å². The van der Waals surface area contributed by atoms with Crippen LogP contribution in [-0.4, -0.2) is 25.9 Å². The van der Waals surface area contributed by atoms with Crippen LogP contribution in [0.15, 0.2) is 30.3 Å². The summed E-state index contributed by atoms with van der Waals surface area (Å²) in [5, 5.41) is 0. The summed E-state index contributed by atoms with van der Waals surface area (Å²) in [4.78, 5) is 0. The van der Waals surface area contributed by atoms with Gasteiger partial charge in [0, 0.05) is 11.1 Å². The molecule has 3 rings (SSSR count). The van der Waals surface area contributed by atoms with Crippen molar-refractivity contribution in [2.75, 3.05) is 19.8 Å². The smallest absolute Gasteiger partial charge is 0.201 e. The minimum atomic E-state index is -1.06. The lowest BCUT2D eigenvalue weighted by Crippen LogP contribution is -2.34. The van der Waals surface area contributed by atoms with Gasteiger partial charge in [-0.05, 0) is 37.1 Å². The Morgan fingerprint density at radius 1 is 1.03 bits per heavy atom. The third-order valence-corrected chi connectivity index (χ3v) is 4.64. The van der Waals surface area contributed by atoms with Gasteiger partial charge in [-0.1, -0.05) is 25.5 Å². The quantitative estimate of drug-likeness (QED) is 0.559. The number of halogens is 3. The zero-order valence-corrected chi connectivity index (χ0v) is 16.6. The molecule has 7 heteroatoms. The standard InChI is InChI=1S/C22H25F3O4/c1-3-4-9-26-19-8-7-17(20(24)21(19)25)22-28-12-16(13-29-22)27-11-15-6-5-14(2)10-18(15)23/h5-8,10,16,22H,3-4,9,11-13H2,1-2H3. The lowest BCUT2D eigenvalue weighted by molar-refractivity contribution is -0.233. The van der Waals surface area contributed by atoms with Gasteiger partial charge in [0.05, 0.1) is 26.4 Å². The highest BCUT2D eigenvalue weighted by molar-refractivity contribution is 5.32. The van der Waals surface area contributed by atoms with E-state index in [1.54, 1.807) is 12.1 Å². The van der Waals surface area contributed by atoms with E-state index in [1.807, 2.05) is 13.8 Å². The lowest BCUT2D eigenvalue weighted by atomic mass is 10.1. The van der Waals surface area contributed by atoms with Gasteiger partial charge in [0.15, 0.2) is 17.9 Å². The molecule has 0 aromatic heterocycles. The third kappa shape index (κ3) is 5.50. The first-order chi connectivity index (χ1) is 14.0. The van der Waals surface area contributed by atoms with E-state index in [0.717, 1.165) is 18.4 Å². The van der Waals surface area contributed by atoms with Gasteiger partial charge >= 0.3 is 0 Å². The average Bonchev–Trinajstić information content (AvgIpc) is 2.71. The molecule has 0 bridgehead atoms. The molecule has 0 atom stereocenters. The fourth-order valence-corrected chi connectivity index (χ4v) is 2.91. The number of hydrogen-bond donors (Lipinski definition) is 0. The maximum atomic E-state index is 14.4. The molecule has 1 heterocycles. The van der Waals surface area contributed by atoms with Crippen LogP contribution in [0.1, 0.15) is 42.7 Å². The maximum Gasteiger partial charge on any atom is 0.201 e. The summed E-state index contributed by atoms with van der Waals surface area (Å²) in [6, 6.07) is 7.68. The number of benzene rings is 2. The van der Waals surface area contributed by atoms with Gasteiger partial charge < -0.3 is 18.9 Å². The highest BCUT2D eigenvalue weighted by Gasteiger charge is 2.28. The number of aryl methyl sites for hydroxylation is 1. The van der Waals surface area contributed by atoms with Crippen LogP contribution in [0.4, 0.5) is 13.2 Å². The van der Waals surface area contributed by atoms with Crippen molar-refractivity contribution >= 4 is 0 Å². The number of ether oxygens (including phenoxy) is 4. The molecule has 0 N–H and O–H groups in total. The summed E-state index contributed by atoms with van der Waals surface area (Å²) in [6.07, 6.45) is 0.179. The second kappa shape index (κ2) is 10.1. The Hall–Kier alpha value is -2.09. The van der Waals surface area contributed by atoms with E-state index < -0.39 is 24.0 Å². The minimum Gasteiger partial charge on any atom is -0.490 e. The molecular weight excluding hydrogens is 385 g/mol. The molecule has 0 spiro atoms. The summed E-state index contributed by atoms with van der Waals surface area (Å²) >= 11 is 0. The van der Waals surface area contributed by atoms with E-state index in [-0.39, 0.29) is 37.0 Å². The lowest BCUT2D eigenvalue weighted by Gasteiger charge is -2.30. The molecular formula is C22H25F3O4. The van der Waals surface area contributed by atoms with Gasteiger partial charge in [-0.3, -0.25) is 0 Å². The first kappa shape index (κ1) is 21.6. The molecule has 0 unspecified atom stereocenters. The predicted molar refractivity (Wildman–Crippen MR) is 101 cm³/mol. The molecule has 0 aliphatic carbocycles. The second-order valence-electron chi connectivity index (χ2n) is 7.01. The summed E-state index contributed by atoms with van der Waals surface area (Å²) in [5.41, 5.74) is 1.23. The van der Waals surface area contributed by atoms with Crippen molar-refractivity contribution in [2.24, 2.45) is 0 Å². The third-order valence-electron chi connectivity index (χ3n) is 4.64. The van der Waals surface area contributed by atoms with Gasteiger partial charge in [-0.2, -0.15) is 4.39 Å². The Morgan fingerprint density at radius 2 is 1.79 bits per heavy atom. The molecule has 0 radical (unpaired) electrons. The van der Waals surface area contributed by atoms with E-state index in [9.17, 15) is 13.2 Å². The van der Waals surface area contributed by atoms with Crippen molar-refractivity contribution < 1.29 is 32.1 Å². The van der Waals surface area contributed by atoms with Gasteiger partial charge in [0.2, 0.25) is 5.82 Å². The van der Waals surface area contributed by atoms with Crippen LogP contribution in [0.5, 0.6) is 5.75 Å². The minimum absolute atomic E-state index is 0.0339. The summed E-state index contributed by atoms with van der Waals surface area (Å²) < 4.78 is 64.4. The molecule has 0 amide bonds. The van der Waals surface area contributed by atoms with Crippen molar-refractivity contribution in [1.82, 2.24) is 0 Å². The monoisotopic (exact) mass is 410 g/mol. The molecule has 1 fully saturated rings. The number of rotatable bonds is 8. The molecule has 2 aromatic carbocycles. The van der Waals surface area contributed by atoms with E-state index in [0.29, 0.717) is 12.2 Å². The van der Waals surface area contributed by atoms with Gasteiger partial charge in [0.1, 0.15) is 11.9 Å². The maximum absolute atomic E-state index is 14.4. The molecule has 1 saturated heterocycles. The largest absolute Gasteiger partial charge is 0.490 e. The van der Waals surface area contributed by atoms with Crippen LogP contribution in [-0.2, 0) is 20.8 Å². The highest BCUT2D eigenvalue weighted by atomic mass is 19.2. The molecule has 4 nitrogen and oxygen atoms in total. The normalized spacial score (nSPS) is 19.3. The zero-order valence-electron chi connectivity index (χ0n) is 16.6. The molecule has 29 heavy (non-hydrogen) atoms. The molecule has 1 aliphatic heterocycles. The van der Waals surface area contributed by atoms with Gasteiger partial charge in [-0.25, -0.2) is 8.78 Å². The zero-order chi connectivity index (χ0) is 20.8.